The van der Waals surface area contributed by atoms with Gasteiger partial charge in [0.2, 0.25) is 0 Å². The van der Waals surface area contributed by atoms with Crippen LogP contribution in [-0.4, -0.2) is 49.0 Å². The molecule has 0 radical (unpaired) electrons. The molecule has 0 spiro atoms. The quantitative estimate of drug-likeness (QED) is 0.792. The van der Waals surface area contributed by atoms with Crippen molar-refractivity contribution in [1.82, 2.24) is 9.88 Å². The van der Waals surface area contributed by atoms with Crippen LogP contribution in [0.3, 0.4) is 0 Å². The largest absolute Gasteiger partial charge is 0.454 e. The minimum Gasteiger partial charge on any atom is -0.454 e. The summed E-state index contributed by atoms with van der Waals surface area (Å²) in [5.41, 5.74) is 1.86. The molecular formula is C17H20N2O5S. The minimum atomic E-state index is -3.06. The first kappa shape index (κ1) is 17.5. The van der Waals surface area contributed by atoms with Crippen molar-refractivity contribution in [3.8, 4) is 0 Å². The summed E-state index contributed by atoms with van der Waals surface area (Å²) < 4.78 is 29.6. The number of nitrogens with zero attached hydrogens (tertiary/aromatic N) is 1. The Bertz CT molecular complexity index is 916. The highest BCUT2D eigenvalue weighted by molar-refractivity contribution is 7.91. The number of carbonyl (C=O) groups excluding carboxylic acids is 2. The van der Waals surface area contributed by atoms with E-state index >= 15 is 0 Å². The number of fused-ring (bicyclic) bond motifs is 1. The molecule has 1 unspecified atom stereocenters. The van der Waals surface area contributed by atoms with Crippen LogP contribution in [0, 0.1) is 6.92 Å². The second-order valence-corrected chi connectivity index (χ2v) is 8.49. The van der Waals surface area contributed by atoms with Crippen LogP contribution in [0.4, 0.5) is 0 Å². The lowest BCUT2D eigenvalue weighted by molar-refractivity contribution is -0.149. The molecule has 1 aromatic heterocycles. The van der Waals surface area contributed by atoms with Gasteiger partial charge in [0, 0.05) is 17.3 Å². The van der Waals surface area contributed by atoms with E-state index in [1.54, 1.807) is 0 Å². The molecule has 2 aromatic rings. The zero-order valence-corrected chi connectivity index (χ0v) is 14.7. The third-order valence-corrected chi connectivity index (χ3v) is 6.03. The van der Waals surface area contributed by atoms with E-state index < -0.39 is 34.4 Å². The molecule has 1 aliphatic heterocycles. The Kier molecular flexibility index (Phi) is 4.80. The molecule has 0 bridgehead atoms. The first-order valence-corrected chi connectivity index (χ1v) is 9.86. The molecule has 1 amide bonds. The molecule has 8 heteroatoms. The number of hydrogen-bond donors (Lipinski definition) is 1. The Labute approximate surface area is 145 Å². The van der Waals surface area contributed by atoms with E-state index in [0.717, 1.165) is 16.6 Å². The summed E-state index contributed by atoms with van der Waals surface area (Å²) in [5.74, 6) is -0.970. The maximum Gasteiger partial charge on any atom is 0.326 e. The van der Waals surface area contributed by atoms with E-state index in [2.05, 4.69) is 5.32 Å². The third kappa shape index (κ3) is 4.19. The molecule has 0 saturated carbocycles. The lowest BCUT2D eigenvalue weighted by Crippen LogP contribution is -2.38. The standard InChI is InChI=1S/C17H20N2O5S/c1-12-8-13-4-2-3-5-15(13)19(12)9-17(21)24-10-16(20)18-14-6-7-25(22,23)11-14/h2-5,8,14H,6-7,9-11H2,1H3,(H,18,20). The Morgan fingerprint density at radius 1 is 1.32 bits per heavy atom. The average molecular weight is 364 g/mol. The topological polar surface area (TPSA) is 94.5 Å². The van der Waals surface area contributed by atoms with Gasteiger partial charge in [-0.05, 0) is 30.9 Å². The first-order chi connectivity index (χ1) is 11.8. The molecule has 2 heterocycles. The van der Waals surface area contributed by atoms with E-state index in [4.69, 9.17) is 4.74 Å². The predicted octanol–water partition coefficient (Wildman–Crippen LogP) is 0.796. The lowest BCUT2D eigenvalue weighted by Gasteiger charge is -2.12. The second-order valence-electron chi connectivity index (χ2n) is 6.26. The lowest BCUT2D eigenvalue weighted by atomic mass is 10.2. The fourth-order valence-corrected chi connectivity index (χ4v) is 4.73. The van der Waals surface area contributed by atoms with Gasteiger partial charge < -0.3 is 14.6 Å². The second kappa shape index (κ2) is 6.87. The highest BCUT2D eigenvalue weighted by Gasteiger charge is 2.29. The number of para-hydroxylation sites is 1. The SMILES string of the molecule is Cc1cc2ccccc2n1CC(=O)OCC(=O)NC1CCS(=O)(=O)C1. The van der Waals surface area contributed by atoms with Crippen molar-refractivity contribution in [3.05, 3.63) is 36.0 Å². The molecule has 1 aliphatic rings. The van der Waals surface area contributed by atoms with E-state index in [1.165, 1.54) is 0 Å². The van der Waals surface area contributed by atoms with Crippen LogP contribution in [-0.2, 0) is 30.7 Å². The van der Waals surface area contributed by atoms with Crippen molar-refractivity contribution >= 4 is 32.6 Å². The van der Waals surface area contributed by atoms with Gasteiger partial charge in [-0.15, -0.1) is 0 Å². The van der Waals surface area contributed by atoms with E-state index in [0.29, 0.717) is 6.42 Å². The van der Waals surface area contributed by atoms with Crippen molar-refractivity contribution in [2.75, 3.05) is 18.1 Å². The third-order valence-electron chi connectivity index (χ3n) is 4.27. The van der Waals surface area contributed by atoms with Gasteiger partial charge in [0.15, 0.2) is 16.4 Å². The van der Waals surface area contributed by atoms with Gasteiger partial charge in [-0.2, -0.15) is 0 Å². The number of aromatic nitrogens is 1. The molecule has 1 N–H and O–H groups in total. The molecule has 25 heavy (non-hydrogen) atoms. The van der Waals surface area contributed by atoms with Crippen LogP contribution >= 0.6 is 0 Å². The summed E-state index contributed by atoms with van der Waals surface area (Å²) in [5, 5.41) is 3.62. The molecule has 1 fully saturated rings. The molecule has 1 atom stereocenters. The number of ether oxygens (including phenoxy) is 1. The normalized spacial score (nSPS) is 19.0. The number of hydrogen-bond acceptors (Lipinski definition) is 5. The fourth-order valence-electron chi connectivity index (χ4n) is 3.06. The van der Waals surface area contributed by atoms with Gasteiger partial charge in [0.1, 0.15) is 6.54 Å². The number of rotatable bonds is 5. The Hall–Kier alpha value is -2.35. The van der Waals surface area contributed by atoms with E-state index in [-0.39, 0.29) is 18.1 Å². The summed E-state index contributed by atoms with van der Waals surface area (Å²) in [7, 11) is -3.06. The number of esters is 1. The maximum absolute atomic E-state index is 12.0. The van der Waals surface area contributed by atoms with Crippen molar-refractivity contribution in [3.63, 3.8) is 0 Å². The number of aryl methyl sites for hydroxylation is 1. The fraction of sp³-hybridized carbons (Fsp3) is 0.412. The average Bonchev–Trinajstić information content (AvgIpc) is 3.05. The smallest absolute Gasteiger partial charge is 0.326 e. The summed E-state index contributed by atoms with van der Waals surface area (Å²) in [6.45, 7) is 1.51. The van der Waals surface area contributed by atoms with Gasteiger partial charge in [-0.3, -0.25) is 9.59 Å². The summed E-state index contributed by atoms with van der Waals surface area (Å²) in [4.78, 5) is 23.8. The zero-order chi connectivity index (χ0) is 18.0. The molecule has 134 valence electrons. The van der Waals surface area contributed by atoms with E-state index in [1.807, 2.05) is 41.8 Å². The summed E-state index contributed by atoms with van der Waals surface area (Å²) in [6.07, 6.45) is 0.399. The molecular weight excluding hydrogens is 344 g/mol. The Balaban J connectivity index is 1.52. The Morgan fingerprint density at radius 2 is 2.08 bits per heavy atom. The number of sulfone groups is 1. The highest BCUT2D eigenvalue weighted by Crippen LogP contribution is 2.19. The van der Waals surface area contributed by atoms with Crippen molar-refractivity contribution in [1.29, 1.82) is 0 Å². The number of amides is 1. The maximum atomic E-state index is 12.0. The van der Waals surface area contributed by atoms with Crippen molar-refractivity contribution in [2.45, 2.75) is 25.9 Å². The van der Waals surface area contributed by atoms with Gasteiger partial charge in [-0.1, -0.05) is 18.2 Å². The minimum absolute atomic E-state index is 0.0183. The van der Waals surface area contributed by atoms with Crippen LogP contribution in [0.1, 0.15) is 12.1 Å². The van der Waals surface area contributed by atoms with Crippen LogP contribution in [0.2, 0.25) is 0 Å². The molecule has 1 saturated heterocycles. The number of benzene rings is 1. The molecule has 0 aliphatic carbocycles. The van der Waals surface area contributed by atoms with Crippen molar-refractivity contribution in [2.24, 2.45) is 0 Å². The van der Waals surface area contributed by atoms with Crippen molar-refractivity contribution < 1.29 is 22.7 Å². The summed E-state index contributed by atoms with van der Waals surface area (Å²) in [6, 6.07) is 9.29. The first-order valence-electron chi connectivity index (χ1n) is 8.04. The molecule has 3 rings (SSSR count). The van der Waals surface area contributed by atoms with Gasteiger partial charge in [-0.25, -0.2) is 8.42 Å². The molecule has 7 nitrogen and oxygen atoms in total. The molecule has 1 aromatic carbocycles. The van der Waals surface area contributed by atoms with Gasteiger partial charge in [0.05, 0.1) is 11.5 Å². The zero-order valence-electron chi connectivity index (χ0n) is 13.9. The van der Waals surface area contributed by atoms with Crippen LogP contribution in [0.5, 0.6) is 0 Å². The summed E-state index contributed by atoms with van der Waals surface area (Å²) >= 11 is 0. The van der Waals surface area contributed by atoms with Crippen LogP contribution in [0.25, 0.3) is 10.9 Å². The van der Waals surface area contributed by atoms with Crippen LogP contribution in [0.15, 0.2) is 30.3 Å². The van der Waals surface area contributed by atoms with Gasteiger partial charge in [0.25, 0.3) is 5.91 Å². The Morgan fingerprint density at radius 3 is 2.80 bits per heavy atom. The monoisotopic (exact) mass is 364 g/mol. The van der Waals surface area contributed by atoms with Gasteiger partial charge >= 0.3 is 5.97 Å². The van der Waals surface area contributed by atoms with Crippen LogP contribution < -0.4 is 5.32 Å². The van der Waals surface area contributed by atoms with E-state index in [9.17, 15) is 18.0 Å². The number of nitrogens with one attached hydrogen (secondary N) is 1. The predicted molar refractivity (Wildman–Crippen MR) is 92.8 cm³/mol. The highest BCUT2D eigenvalue weighted by atomic mass is 32.2. The number of carbonyl (C=O) groups is 2.